The molecule has 1 saturated heterocycles. The highest BCUT2D eigenvalue weighted by Gasteiger charge is 2.46. The van der Waals surface area contributed by atoms with Gasteiger partial charge in [0.05, 0.1) is 0 Å². The summed E-state index contributed by atoms with van der Waals surface area (Å²) < 4.78 is 0. The molecule has 2 atom stereocenters. The maximum atomic E-state index is 3.90. The average molecular weight is 238 g/mol. The van der Waals surface area contributed by atoms with Crippen LogP contribution in [0.5, 0.6) is 0 Å². The van der Waals surface area contributed by atoms with Crippen molar-refractivity contribution in [3.05, 3.63) is 0 Å². The van der Waals surface area contributed by atoms with Crippen LogP contribution in [0.25, 0.3) is 0 Å². The zero-order valence-corrected chi connectivity index (χ0v) is 12.2. The molecular formula is C15H30N2. The van der Waals surface area contributed by atoms with Crippen LogP contribution >= 0.6 is 0 Å². The Hall–Kier alpha value is -0.0800. The summed E-state index contributed by atoms with van der Waals surface area (Å²) in [6.07, 6.45) is 8.14. The number of rotatable bonds is 3. The molecule has 2 nitrogen and oxygen atoms in total. The van der Waals surface area contributed by atoms with Crippen molar-refractivity contribution in [2.45, 2.75) is 83.3 Å². The Morgan fingerprint density at radius 2 is 1.88 bits per heavy atom. The lowest BCUT2D eigenvalue weighted by molar-refractivity contribution is -0.0146. The van der Waals surface area contributed by atoms with Crippen LogP contribution in [0.15, 0.2) is 0 Å². The third kappa shape index (κ3) is 2.39. The fourth-order valence-corrected chi connectivity index (χ4v) is 3.68. The van der Waals surface area contributed by atoms with Crippen LogP contribution in [0.3, 0.4) is 0 Å². The highest BCUT2D eigenvalue weighted by molar-refractivity contribution is 5.06. The largest absolute Gasteiger partial charge is 0.308 e. The van der Waals surface area contributed by atoms with Gasteiger partial charge in [0, 0.05) is 30.2 Å². The van der Waals surface area contributed by atoms with E-state index in [-0.39, 0.29) is 0 Å². The topological polar surface area (TPSA) is 15.3 Å². The molecule has 1 aliphatic heterocycles. The van der Waals surface area contributed by atoms with E-state index in [0.717, 1.165) is 6.04 Å². The van der Waals surface area contributed by atoms with Gasteiger partial charge in [0.15, 0.2) is 0 Å². The van der Waals surface area contributed by atoms with E-state index in [1.165, 1.54) is 51.6 Å². The smallest absolute Gasteiger partial charge is 0.0309 e. The monoisotopic (exact) mass is 238 g/mol. The number of nitrogens with one attached hydrogen (secondary N) is 1. The van der Waals surface area contributed by atoms with Crippen molar-refractivity contribution in [3.8, 4) is 0 Å². The van der Waals surface area contributed by atoms with Gasteiger partial charge in [-0.25, -0.2) is 0 Å². The van der Waals surface area contributed by atoms with E-state index in [1.54, 1.807) is 0 Å². The first-order chi connectivity index (χ1) is 8.05. The minimum atomic E-state index is 0.364. The summed E-state index contributed by atoms with van der Waals surface area (Å²) in [5, 5.41) is 3.90. The van der Waals surface area contributed by atoms with Gasteiger partial charge in [-0.15, -0.1) is 0 Å². The second-order valence-corrected chi connectivity index (χ2v) is 6.58. The van der Waals surface area contributed by atoms with E-state index >= 15 is 0 Å². The van der Waals surface area contributed by atoms with E-state index < -0.39 is 0 Å². The van der Waals surface area contributed by atoms with Gasteiger partial charge in [0.1, 0.15) is 0 Å². The third-order valence-electron chi connectivity index (χ3n) is 5.46. The first kappa shape index (κ1) is 13.4. The SMILES string of the molecule is CCC(C)N1CC2(CCCC2)NCC1(C)CC. The van der Waals surface area contributed by atoms with Gasteiger partial charge in [0.25, 0.3) is 0 Å². The van der Waals surface area contributed by atoms with Crippen LogP contribution < -0.4 is 5.32 Å². The van der Waals surface area contributed by atoms with E-state index in [0.29, 0.717) is 11.1 Å². The van der Waals surface area contributed by atoms with Gasteiger partial charge in [-0.3, -0.25) is 4.90 Å². The first-order valence-corrected chi connectivity index (χ1v) is 7.57. The molecule has 0 aromatic carbocycles. The van der Waals surface area contributed by atoms with Gasteiger partial charge in [-0.05, 0) is 39.5 Å². The standard InChI is InChI=1S/C15H30N2/c1-5-13(3)17-12-15(9-7-8-10-15)16-11-14(17,4)6-2/h13,16H,5-12H2,1-4H3. The summed E-state index contributed by atoms with van der Waals surface area (Å²) in [7, 11) is 0. The maximum absolute atomic E-state index is 3.90. The van der Waals surface area contributed by atoms with Crippen LogP contribution in [0, 0.1) is 0 Å². The highest BCUT2D eigenvalue weighted by atomic mass is 15.3. The van der Waals surface area contributed by atoms with Crippen molar-refractivity contribution in [3.63, 3.8) is 0 Å². The second-order valence-electron chi connectivity index (χ2n) is 6.58. The van der Waals surface area contributed by atoms with Crippen LogP contribution in [-0.4, -0.2) is 35.1 Å². The minimum absolute atomic E-state index is 0.364. The molecule has 2 heteroatoms. The van der Waals surface area contributed by atoms with Crippen LogP contribution in [0.1, 0.15) is 66.2 Å². The molecule has 1 N–H and O–H groups in total. The lowest BCUT2D eigenvalue weighted by Gasteiger charge is -2.54. The number of hydrogen-bond donors (Lipinski definition) is 1. The molecule has 2 aliphatic rings. The van der Waals surface area contributed by atoms with Crippen LogP contribution in [-0.2, 0) is 0 Å². The predicted molar refractivity (Wildman–Crippen MR) is 74.4 cm³/mol. The van der Waals surface area contributed by atoms with Crippen molar-refractivity contribution in [1.82, 2.24) is 10.2 Å². The Morgan fingerprint density at radius 1 is 1.24 bits per heavy atom. The lowest BCUT2D eigenvalue weighted by Crippen LogP contribution is -2.69. The summed E-state index contributed by atoms with van der Waals surface area (Å²) in [6, 6.07) is 0.722. The molecule has 1 saturated carbocycles. The molecule has 100 valence electrons. The van der Waals surface area contributed by atoms with Crippen molar-refractivity contribution >= 4 is 0 Å². The van der Waals surface area contributed by atoms with E-state index in [4.69, 9.17) is 0 Å². The predicted octanol–water partition coefficient (Wildman–Crippen LogP) is 3.17. The first-order valence-electron chi connectivity index (χ1n) is 7.57. The van der Waals surface area contributed by atoms with Crippen LogP contribution in [0.2, 0.25) is 0 Å². The molecule has 0 amide bonds. The number of hydrogen-bond acceptors (Lipinski definition) is 2. The van der Waals surface area contributed by atoms with Crippen molar-refractivity contribution < 1.29 is 0 Å². The molecule has 2 fully saturated rings. The number of nitrogens with zero attached hydrogens (tertiary/aromatic N) is 1. The Labute approximate surface area is 107 Å². The van der Waals surface area contributed by atoms with E-state index in [2.05, 4.69) is 37.9 Å². The summed E-state index contributed by atoms with van der Waals surface area (Å²) >= 11 is 0. The molecule has 0 aromatic rings. The average Bonchev–Trinajstić information content (AvgIpc) is 2.80. The highest BCUT2D eigenvalue weighted by Crippen LogP contribution is 2.38. The molecule has 1 heterocycles. The Balaban J connectivity index is 2.15. The molecule has 1 aliphatic carbocycles. The second kappa shape index (κ2) is 4.89. The normalized spacial score (nSPS) is 35.3. The molecule has 0 radical (unpaired) electrons. The number of piperazine rings is 1. The quantitative estimate of drug-likeness (QED) is 0.812. The summed E-state index contributed by atoms with van der Waals surface area (Å²) in [6.45, 7) is 11.9. The zero-order valence-electron chi connectivity index (χ0n) is 12.2. The van der Waals surface area contributed by atoms with E-state index in [1.807, 2.05) is 0 Å². The Kier molecular flexibility index (Phi) is 3.84. The molecule has 2 rings (SSSR count). The summed E-state index contributed by atoms with van der Waals surface area (Å²) in [5.74, 6) is 0. The van der Waals surface area contributed by atoms with Crippen molar-refractivity contribution in [1.29, 1.82) is 0 Å². The van der Waals surface area contributed by atoms with Gasteiger partial charge in [-0.2, -0.15) is 0 Å². The molecular weight excluding hydrogens is 208 g/mol. The fraction of sp³-hybridized carbons (Fsp3) is 1.00. The van der Waals surface area contributed by atoms with Gasteiger partial charge in [0.2, 0.25) is 0 Å². The lowest BCUT2D eigenvalue weighted by atomic mass is 9.83. The minimum Gasteiger partial charge on any atom is -0.308 e. The summed E-state index contributed by atoms with van der Waals surface area (Å²) in [4.78, 5) is 2.80. The molecule has 0 aromatic heterocycles. The molecule has 1 spiro atoms. The zero-order chi connectivity index (χ0) is 12.5. The van der Waals surface area contributed by atoms with Crippen molar-refractivity contribution in [2.24, 2.45) is 0 Å². The fourth-order valence-electron chi connectivity index (χ4n) is 3.68. The Morgan fingerprint density at radius 3 is 2.41 bits per heavy atom. The Bertz CT molecular complexity index is 258. The van der Waals surface area contributed by atoms with Gasteiger partial charge in [-0.1, -0.05) is 26.7 Å². The maximum Gasteiger partial charge on any atom is 0.0309 e. The van der Waals surface area contributed by atoms with Crippen molar-refractivity contribution in [2.75, 3.05) is 13.1 Å². The molecule has 17 heavy (non-hydrogen) atoms. The van der Waals surface area contributed by atoms with Gasteiger partial charge >= 0.3 is 0 Å². The molecule has 2 unspecified atom stereocenters. The third-order valence-corrected chi connectivity index (χ3v) is 5.46. The van der Waals surface area contributed by atoms with E-state index in [9.17, 15) is 0 Å². The van der Waals surface area contributed by atoms with Crippen LogP contribution in [0.4, 0.5) is 0 Å². The van der Waals surface area contributed by atoms with Gasteiger partial charge < -0.3 is 5.32 Å². The summed E-state index contributed by atoms with van der Waals surface area (Å²) in [5.41, 5.74) is 0.821. The molecule has 0 bridgehead atoms.